The third-order valence-corrected chi connectivity index (χ3v) is 7.17. The predicted molar refractivity (Wildman–Crippen MR) is 126 cm³/mol. The lowest BCUT2D eigenvalue weighted by Gasteiger charge is -2.39. The molecule has 0 spiro atoms. The van der Waals surface area contributed by atoms with Crippen molar-refractivity contribution in [3.63, 3.8) is 0 Å². The lowest BCUT2D eigenvalue weighted by Crippen LogP contribution is -2.46. The number of benzene rings is 2. The van der Waals surface area contributed by atoms with Crippen LogP contribution in [0.25, 0.3) is 0 Å². The molecule has 1 fully saturated rings. The maximum absolute atomic E-state index is 14.2. The van der Waals surface area contributed by atoms with Crippen LogP contribution in [-0.2, 0) is 0 Å². The Hall–Kier alpha value is -2.54. The number of likely N-dealkylation sites (N-methyl/N-ethyl adjacent to an activating group) is 1. The molecular formula is C25H28FN3OS. The van der Waals surface area contributed by atoms with E-state index in [2.05, 4.69) is 36.0 Å². The summed E-state index contributed by atoms with van der Waals surface area (Å²) < 4.78 is 14.2. The monoisotopic (exact) mass is 437 g/mol. The lowest BCUT2D eigenvalue weighted by atomic mass is 9.94. The standard InChI is InChI=1S/C25H28FN3OS/c1-17-18(2)31-25(27-24(30)19-8-5-4-6-9-19)22(17)23(20-10-7-11-21(26)16-20)29-14-12-28(3)13-15-29/h4-11,16,23H,12-15H2,1-3H3,(H,27,30)/t23-/m0/s1. The molecule has 0 radical (unpaired) electrons. The summed E-state index contributed by atoms with van der Waals surface area (Å²) in [6.45, 7) is 7.87. The van der Waals surface area contributed by atoms with Crippen molar-refractivity contribution in [2.24, 2.45) is 0 Å². The second-order valence-corrected chi connectivity index (χ2v) is 9.37. The fourth-order valence-electron chi connectivity index (χ4n) is 4.15. The van der Waals surface area contributed by atoms with Crippen LogP contribution in [0.2, 0.25) is 0 Å². The van der Waals surface area contributed by atoms with E-state index in [4.69, 9.17) is 0 Å². The number of carbonyl (C=O) groups excluding carboxylic acids is 1. The van der Waals surface area contributed by atoms with Crippen molar-refractivity contribution in [1.29, 1.82) is 0 Å². The summed E-state index contributed by atoms with van der Waals surface area (Å²) in [7, 11) is 2.13. The molecule has 4 rings (SSSR count). The zero-order chi connectivity index (χ0) is 22.0. The fraction of sp³-hybridized carbons (Fsp3) is 0.320. The summed E-state index contributed by atoms with van der Waals surface area (Å²) in [5.74, 6) is -0.365. The van der Waals surface area contributed by atoms with E-state index in [0.29, 0.717) is 5.56 Å². The highest BCUT2D eigenvalue weighted by Crippen LogP contribution is 2.42. The molecule has 31 heavy (non-hydrogen) atoms. The molecule has 1 aromatic heterocycles. The minimum Gasteiger partial charge on any atom is -0.313 e. The van der Waals surface area contributed by atoms with Gasteiger partial charge < -0.3 is 10.2 Å². The first kappa shape index (κ1) is 21.7. The highest BCUT2D eigenvalue weighted by molar-refractivity contribution is 7.16. The van der Waals surface area contributed by atoms with Gasteiger partial charge in [-0.3, -0.25) is 9.69 Å². The largest absolute Gasteiger partial charge is 0.313 e. The summed E-state index contributed by atoms with van der Waals surface area (Å²) >= 11 is 1.59. The van der Waals surface area contributed by atoms with Gasteiger partial charge in [0, 0.05) is 42.2 Å². The average molecular weight is 438 g/mol. The summed E-state index contributed by atoms with van der Waals surface area (Å²) in [6, 6.07) is 16.0. The topological polar surface area (TPSA) is 35.6 Å². The third-order valence-electron chi connectivity index (χ3n) is 6.04. The van der Waals surface area contributed by atoms with E-state index in [0.717, 1.165) is 52.7 Å². The minimum atomic E-state index is -0.240. The van der Waals surface area contributed by atoms with Crippen LogP contribution in [0.15, 0.2) is 54.6 Å². The summed E-state index contributed by atoms with van der Waals surface area (Å²) in [6.07, 6.45) is 0. The van der Waals surface area contributed by atoms with Gasteiger partial charge in [0.25, 0.3) is 5.91 Å². The number of aryl methyl sites for hydroxylation is 1. The van der Waals surface area contributed by atoms with E-state index in [-0.39, 0.29) is 17.8 Å². The Bertz CT molecular complexity index is 1060. The number of rotatable bonds is 5. The fourth-order valence-corrected chi connectivity index (χ4v) is 5.24. The van der Waals surface area contributed by atoms with E-state index in [1.54, 1.807) is 23.5 Å². The number of carbonyl (C=O) groups is 1. The second-order valence-electron chi connectivity index (χ2n) is 8.14. The lowest BCUT2D eigenvalue weighted by molar-refractivity contribution is 0.102. The van der Waals surface area contributed by atoms with Crippen molar-refractivity contribution < 1.29 is 9.18 Å². The van der Waals surface area contributed by atoms with Crippen LogP contribution in [0.3, 0.4) is 0 Å². The number of thiophene rings is 1. The molecule has 2 heterocycles. The Morgan fingerprint density at radius 1 is 1.03 bits per heavy atom. The van der Waals surface area contributed by atoms with Gasteiger partial charge >= 0.3 is 0 Å². The number of halogens is 1. The molecule has 1 saturated heterocycles. The molecule has 0 bridgehead atoms. The Morgan fingerprint density at radius 2 is 1.74 bits per heavy atom. The average Bonchev–Trinajstić information content (AvgIpc) is 3.04. The van der Waals surface area contributed by atoms with Crippen LogP contribution >= 0.6 is 11.3 Å². The van der Waals surface area contributed by atoms with Gasteiger partial charge in [0.05, 0.1) is 6.04 Å². The van der Waals surface area contributed by atoms with Gasteiger partial charge in [-0.2, -0.15) is 0 Å². The molecule has 6 heteroatoms. The van der Waals surface area contributed by atoms with E-state index in [1.165, 1.54) is 6.07 Å². The van der Waals surface area contributed by atoms with Gasteiger partial charge in [-0.1, -0.05) is 30.3 Å². The van der Waals surface area contributed by atoms with Crippen LogP contribution in [0.1, 0.15) is 38.0 Å². The molecule has 1 amide bonds. The van der Waals surface area contributed by atoms with E-state index >= 15 is 0 Å². The molecule has 0 unspecified atom stereocenters. The molecule has 0 saturated carbocycles. The third kappa shape index (κ3) is 4.71. The number of amides is 1. The Morgan fingerprint density at radius 3 is 2.42 bits per heavy atom. The van der Waals surface area contributed by atoms with Crippen LogP contribution in [0.4, 0.5) is 9.39 Å². The summed E-state index contributed by atoms with van der Waals surface area (Å²) in [4.78, 5) is 18.8. The number of hydrogen-bond donors (Lipinski definition) is 1. The molecular weight excluding hydrogens is 409 g/mol. The van der Waals surface area contributed by atoms with Gasteiger partial charge in [-0.25, -0.2) is 4.39 Å². The Balaban J connectivity index is 1.76. The minimum absolute atomic E-state index is 0.111. The summed E-state index contributed by atoms with van der Waals surface area (Å²) in [5.41, 5.74) is 3.77. The van der Waals surface area contributed by atoms with E-state index < -0.39 is 0 Å². The molecule has 1 atom stereocenters. The van der Waals surface area contributed by atoms with E-state index in [1.807, 2.05) is 36.4 Å². The van der Waals surface area contributed by atoms with Crippen molar-refractivity contribution >= 4 is 22.2 Å². The first-order valence-corrected chi connectivity index (χ1v) is 11.4. The zero-order valence-corrected chi connectivity index (χ0v) is 19.0. The van der Waals surface area contributed by atoms with Gasteiger partial charge in [0.1, 0.15) is 10.8 Å². The first-order valence-electron chi connectivity index (χ1n) is 10.6. The number of anilines is 1. The molecule has 1 aliphatic heterocycles. The van der Waals surface area contributed by atoms with Crippen LogP contribution in [-0.4, -0.2) is 48.9 Å². The molecule has 1 N–H and O–H groups in total. The predicted octanol–water partition coefficient (Wildman–Crippen LogP) is 5.09. The number of nitrogens with zero attached hydrogens (tertiary/aromatic N) is 2. The van der Waals surface area contributed by atoms with Crippen molar-refractivity contribution in [3.05, 3.63) is 87.5 Å². The Kier molecular flexibility index (Phi) is 6.51. The maximum atomic E-state index is 14.2. The van der Waals surface area contributed by atoms with Crippen LogP contribution in [0, 0.1) is 19.7 Å². The highest BCUT2D eigenvalue weighted by atomic mass is 32.1. The van der Waals surface area contributed by atoms with Gasteiger partial charge in [-0.05, 0) is 56.3 Å². The van der Waals surface area contributed by atoms with Crippen molar-refractivity contribution in [2.75, 3.05) is 38.5 Å². The number of hydrogen-bond acceptors (Lipinski definition) is 4. The second kappa shape index (κ2) is 9.30. The quantitative estimate of drug-likeness (QED) is 0.604. The molecule has 4 nitrogen and oxygen atoms in total. The molecule has 1 aliphatic rings. The first-order chi connectivity index (χ1) is 14.9. The number of nitrogens with one attached hydrogen (secondary N) is 1. The highest BCUT2D eigenvalue weighted by Gasteiger charge is 2.31. The van der Waals surface area contributed by atoms with Crippen LogP contribution < -0.4 is 5.32 Å². The smallest absolute Gasteiger partial charge is 0.256 e. The molecule has 3 aromatic rings. The summed E-state index contributed by atoms with van der Waals surface area (Å²) in [5, 5.41) is 3.99. The van der Waals surface area contributed by atoms with Crippen molar-refractivity contribution in [1.82, 2.24) is 9.80 Å². The molecule has 162 valence electrons. The van der Waals surface area contributed by atoms with E-state index in [9.17, 15) is 9.18 Å². The maximum Gasteiger partial charge on any atom is 0.256 e. The van der Waals surface area contributed by atoms with Crippen molar-refractivity contribution in [3.8, 4) is 0 Å². The number of piperazine rings is 1. The SMILES string of the molecule is Cc1sc(NC(=O)c2ccccc2)c([C@H](c2cccc(F)c2)N2CCN(C)CC2)c1C. The Labute approximate surface area is 187 Å². The van der Waals surface area contributed by atoms with Gasteiger partial charge in [0.2, 0.25) is 0 Å². The molecule has 2 aromatic carbocycles. The zero-order valence-electron chi connectivity index (χ0n) is 18.2. The van der Waals surface area contributed by atoms with Crippen LogP contribution in [0.5, 0.6) is 0 Å². The van der Waals surface area contributed by atoms with Gasteiger partial charge in [-0.15, -0.1) is 11.3 Å². The van der Waals surface area contributed by atoms with Crippen molar-refractivity contribution in [2.45, 2.75) is 19.9 Å². The molecule has 0 aliphatic carbocycles. The van der Waals surface area contributed by atoms with Gasteiger partial charge in [0.15, 0.2) is 0 Å². The normalized spacial score (nSPS) is 16.3.